The zero-order chi connectivity index (χ0) is 15.6. The van der Waals surface area contributed by atoms with E-state index in [0.717, 1.165) is 17.1 Å². The third-order valence-corrected chi connectivity index (χ3v) is 2.95. The Kier molecular flexibility index (Phi) is 4.15. The van der Waals surface area contributed by atoms with E-state index in [1.165, 1.54) is 0 Å². The summed E-state index contributed by atoms with van der Waals surface area (Å²) < 4.78 is 39.1. The maximum atomic E-state index is 12.7. The second-order valence-electron chi connectivity index (χ2n) is 4.49. The summed E-state index contributed by atoms with van der Waals surface area (Å²) in [7, 11) is 0. The average Bonchev–Trinajstić information content (AvgIpc) is 2.91. The number of nitrogens with one attached hydrogen (secondary N) is 1. The second-order valence-corrected chi connectivity index (χ2v) is 4.49. The van der Waals surface area contributed by atoms with Crippen LogP contribution in [0.1, 0.15) is 30.8 Å². The third kappa shape index (κ3) is 3.14. The molecule has 0 saturated heterocycles. The first-order chi connectivity index (χ1) is 9.86. The Morgan fingerprint density at radius 1 is 1.24 bits per heavy atom. The first-order valence-corrected chi connectivity index (χ1v) is 6.60. The molecule has 21 heavy (non-hydrogen) atoms. The fourth-order valence-electron chi connectivity index (χ4n) is 1.86. The van der Waals surface area contributed by atoms with Crippen molar-refractivity contribution in [1.29, 1.82) is 0 Å². The van der Waals surface area contributed by atoms with Crippen LogP contribution in [0.5, 0.6) is 0 Å². The number of anilines is 1. The summed E-state index contributed by atoms with van der Waals surface area (Å²) in [5.41, 5.74) is -0.144. The topological polar surface area (TPSA) is 55.6 Å². The number of rotatable bonds is 4. The van der Waals surface area contributed by atoms with Crippen molar-refractivity contribution in [1.82, 2.24) is 19.7 Å². The van der Waals surface area contributed by atoms with Gasteiger partial charge in [0.05, 0.1) is 11.8 Å². The number of hydrogen-bond donors (Lipinski definition) is 1. The zero-order valence-electron chi connectivity index (χ0n) is 12.0. The van der Waals surface area contributed by atoms with Gasteiger partial charge >= 0.3 is 6.18 Å². The zero-order valence-corrected chi connectivity index (χ0v) is 12.0. The van der Waals surface area contributed by atoms with Crippen LogP contribution in [0.4, 0.5) is 19.0 Å². The van der Waals surface area contributed by atoms with Crippen molar-refractivity contribution >= 4 is 5.82 Å². The molecule has 2 heterocycles. The molecule has 0 aliphatic heterocycles. The van der Waals surface area contributed by atoms with Gasteiger partial charge in [-0.1, -0.05) is 6.92 Å². The van der Waals surface area contributed by atoms with Gasteiger partial charge in [-0.25, -0.2) is 14.6 Å². The summed E-state index contributed by atoms with van der Waals surface area (Å²) in [6, 6.07) is 0. The van der Waals surface area contributed by atoms with E-state index < -0.39 is 11.7 Å². The van der Waals surface area contributed by atoms with Crippen molar-refractivity contribution in [3.05, 3.63) is 29.3 Å². The molecule has 5 nitrogen and oxygen atoms in total. The van der Waals surface area contributed by atoms with Crippen molar-refractivity contribution in [3.63, 3.8) is 0 Å². The molecule has 8 heteroatoms. The lowest BCUT2D eigenvalue weighted by molar-refractivity contribution is -0.137. The smallest absolute Gasteiger partial charge is 0.370 e. The molecule has 2 rings (SSSR count). The minimum Gasteiger partial charge on any atom is -0.370 e. The summed E-state index contributed by atoms with van der Waals surface area (Å²) in [4.78, 5) is 8.62. The monoisotopic (exact) mass is 299 g/mol. The second kappa shape index (κ2) is 5.71. The van der Waals surface area contributed by atoms with E-state index in [0.29, 0.717) is 36.0 Å². The first kappa shape index (κ1) is 15.3. The Morgan fingerprint density at radius 2 is 1.95 bits per heavy atom. The highest BCUT2D eigenvalue weighted by Crippen LogP contribution is 2.29. The lowest BCUT2D eigenvalue weighted by Crippen LogP contribution is -2.11. The molecule has 1 N–H and O–H groups in total. The highest BCUT2D eigenvalue weighted by Gasteiger charge is 2.32. The fraction of sp³-hybridized carbons (Fsp3) is 0.462. The Labute approximate surface area is 120 Å². The van der Waals surface area contributed by atoms with Gasteiger partial charge < -0.3 is 5.32 Å². The molecule has 0 saturated carbocycles. The van der Waals surface area contributed by atoms with Gasteiger partial charge in [0.1, 0.15) is 11.6 Å². The lowest BCUT2D eigenvalue weighted by Gasteiger charge is -2.12. The molecule has 0 radical (unpaired) electrons. The van der Waals surface area contributed by atoms with E-state index >= 15 is 0 Å². The Balaban J connectivity index is 2.52. The van der Waals surface area contributed by atoms with E-state index in [-0.39, 0.29) is 0 Å². The van der Waals surface area contributed by atoms with E-state index in [2.05, 4.69) is 20.4 Å². The van der Waals surface area contributed by atoms with Gasteiger partial charge in [-0.2, -0.15) is 18.3 Å². The largest absolute Gasteiger partial charge is 0.419 e. The number of halogens is 3. The van der Waals surface area contributed by atoms with Gasteiger partial charge in [0.2, 0.25) is 0 Å². The average molecular weight is 299 g/mol. The quantitative estimate of drug-likeness (QED) is 0.943. The Bertz CT molecular complexity index is 633. The normalized spacial score (nSPS) is 11.7. The highest BCUT2D eigenvalue weighted by molar-refractivity contribution is 5.51. The Morgan fingerprint density at radius 3 is 2.48 bits per heavy atom. The van der Waals surface area contributed by atoms with Gasteiger partial charge in [0.15, 0.2) is 5.82 Å². The maximum absolute atomic E-state index is 12.7. The minimum atomic E-state index is -4.42. The number of aryl methyl sites for hydroxylation is 1. The highest BCUT2D eigenvalue weighted by atomic mass is 19.4. The SMILES string of the molecule is CCNc1nc(CC)nc(-n2cc(C(F)(F)F)cn2)c1C. The van der Waals surface area contributed by atoms with E-state index in [1.807, 2.05) is 13.8 Å². The third-order valence-electron chi connectivity index (χ3n) is 2.95. The molecular formula is C13H16F3N5. The molecule has 114 valence electrons. The van der Waals surface area contributed by atoms with E-state index in [4.69, 9.17) is 0 Å². The molecule has 0 fully saturated rings. The minimum absolute atomic E-state index is 0.355. The first-order valence-electron chi connectivity index (χ1n) is 6.60. The maximum Gasteiger partial charge on any atom is 0.419 e. The van der Waals surface area contributed by atoms with Crippen LogP contribution < -0.4 is 5.32 Å². The van der Waals surface area contributed by atoms with Crippen LogP contribution in [-0.2, 0) is 12.6 Å². The molecule has 2 aromatic rings. The van der Waals surface area contributed by atoms with Gasteiger partial charge in [-0.15, -0.1) is 0 Å². The van der Waals surface area contributed by atoms with Crippen molar-refractivity contribution in [2.75, 3.05) is 11.9 Å². The molecule has 0 amide bonds. The van der Waals surface area contributed by atoms with Gasteiger partial charge in [0.25, 0.3) is 0 Å². The number of nitrogens with zero attached hydrogens (tertiary/aromatic N) is 4. The van der Waals surface area contributed by atoms with E-state index in [9.17, 15) is 13.2 Å². The molecule has 0 aromatic carbocycles. The Hall–Kier alpha value is -2.12. The van der Waals surface area contributed by atoms with Crippen LogP contribution in [0.25, 0.3) is 5.82 Å². The number of aromatic nitrogens is 4. The van der Waals surface area contributed by atoms with Crippen LogP contribution >= 0.6 is 0 Å². The van der Waals surface area contributed by atoms with Gasteiger partial charge in [-0.05, 0) is 13.8 Å². The predicted molar refractivity (Wildman–Crippen MR) is 72.4 cm³/mol. The summed E-state index contributed by atoms with van der Waals surface area (Å²) in [5, 5.41) is 6.85. The summed E-state index contributed by atoms with van der Waals surface area (Å²) >= 11 is 0. The predicted octanol–water partition coefficient (Wildman–Crippen LogP) is 2.98. The molecule has 0 atom stereocenters. The van der Waals surface area contributed by atoms with Crippen LogP contribution in [0, 0.1) is 6.92 Å². The molecule has 0 unspecified atom stereocenters. The van der Waals surface area contributed by atoms with Crippen molar-refractivity contribution in [2.45, 2.75) is 33.4 Å². The van der Waals surface area contributed by atoms with Crippen molar-refractivity contribution in [2.24, 2.45) is 0 Å². The van der Waals surface area contributed by atoms with E-state index in [1.54, 1.807) is 6.92 Å². The van der Waals surface area contributed by atoms with Crippen LogP contribution in [-0.4, -0.2) is 26.3 Å². The fourth-order valence-corrected chi connectivity index (χ4v) is 1.86. The summed E-state index contributed by atoms with van der Waals surface area (Å²) in [5.74, 6) is 1.52. The molecule has 0 aliphatic carbocycles. The number of alkyl halides is 3. The van der Waals surface area contributed by atoms with Crippen LogP contribution in [0.3, 0.4) is 0 Å². The van der Waals surface area contributed by atoms with Crippen molar-refractivity contribution < 1.29 is 13.2 Å². The molecule has 0 aliphatic rings. The summed E-state index contributed by atoms with van der Waals surface area (Å²) in [6.45, 7) is 6.21. The number of hydrogen-bond acceptors (Lipinski definition) is 4. The molecular weight excluding hydrogens is 283 g/mol. The van der Waals surface area contributed by atoms with Gasteiger partial charge in [0, 0.05) is 24.7 Å². The van der Waals surface area contributed by atoms with Crippen LogP contribution in [0.2, 0.25) is 0 Å². The van der Waals surface area contributed by atoms with Crippen molar-refractivity contribution in [3.8, 4) is 5.82 Å². The summed E-state index contributed by atoms with van der Waals surface area (Å²) in [6.07, 6.45) is -2.11. The van der Waals surface area contributed by atoms with Crippen LogP contribution in [0.15, 0.2) is 12.4 Å². The van der Waals surface area contributed by atoms with Gasteiger partial charge in [-0.3, -0.25) is 0 Å². The molecule has 0 spiro atoms. The molecule has 0 bridgehead atoms. The molecule has 2 aromatic heterocycles. The standard InChI is InChI=1S/C13H16F3N5/c1-4-10-19-11(17-5-2)8(3)12(20-10)21-7-9(6-18-21)13(14,15)16/h6-7H,4-5H2,1-3H3,(H,17,19,20). The lowest BCUT2D eigenvalue weighted by atomic mass is 10.3.